The zero-order valence-electron chi connectivity index (χ0n) is 8.91. The molecule has 1 atom stereocenters. The van der Waals surface area contributed by atoms with Crippen molar-refractivity contribution in [3.05, 3.63) is 60.7 Å². The molecule has 2 aromatic rings. The molecule has 0 bridgehead atoms. The van der Waals surface area contributed by atoms with Crippen LogP contribution in [0.1, 0.15) is 0 Å². The first-order valence-corrected chi connectivity index (χ1v) is 7.88. The van der Waals surface area contributed by atoms with E-state index in [4.69, 9.17) is 0 Å². The van der Waals surface area contributed by atoms with Crippen LogP contribution in [-0.4, -0.2) is 5.90 Å². The third-order valence-corrected chi connectivity index (χ3v) is 6.93. The Kier molecular flexibility index (Phi) is 3.59. The summed E-state index contributed by atoms with van der Waals surface area (Å²) >= 11 is 0. The topological polar surface area (TPSA) is 17.1 Å². The van der Waals surface area contributed by atoms with Gasteiger partial charge in [0.15, 0.2) is 0 Å². The van der Waals surface area contributed by atoms with E-state index in [9.17, 15) is 4.57 Å². The van der Waals surface area contributed by atoms with Gasteiger partial charge in [0.05, 0.1) is 0 Å². The molecule has 2 aromatic carbocycles. The third-order valence-electron chi connectivity index (χ3n) is 2.60. The van der Waals surface area contributed by atoms with Gasteiger partial charge in [0.2, 0.25) is 0 Å². The van der Waals surface area contributed by atoms with Gasteiger partial charge in [-0.05, 0) is 0 Å². The zero-order valence-corrected chi connectivity index (χ0v) is 11.0. The highest BCUT2D eigenvalue weighted by Crippen LogP contribution is 2.44. The Hall–Kier alpha value is -0.900. The molecule has 2 rings (SSSR count). The Bertz CT molecular complexity index is 450. The van der Waals surface area contributed by atoms with E-state index in [-0.39, 0.29) is 0 Å². The Morgan fingerprint density at radius 1 is 0.812 bits per heavy atom. The molecule has 0 fully saturated rings. The normalized spacial score (nSPS) is 11.3. The van der Waals surface area contributed by atoms with Gasteiger partial charge in [0, 0.05) is 16.5 Å². The van der Waals surface area contributed by atoms with Gasteiger partial charge in [-0.15, -0.1) is 9.24 Å². The maximum absolute atomic E-state index is 13.0. The molecule has 0 saturated heterocycles. The molecule has 3 heteroatoms. The summed E-state index contributed by atoms with van der Waals surface area (Å²) in [5.41, 5.74) is 0. The number of hydrogen-bond acceptors (Lipinski definition) is 1. The van der Waals surface area contributed by atoms with Crippen molar-refractivity contribution in [1.29, 1.82) is 0 Å². The van der Waals surface area contributed by atoms with E-state index < -0.39 is 7.14 Å². The second-order valence-corrected chi connectivity index (χ2v) is 7.57. The molecule has 0 aliphatic carbocycles. The van der Waals surface area contributed by atoms with E-state index >= 15 is 0 Å². The first-order chi connectivity index (χ1) is 7.77. The van der Waals surface area contributed by atoms with Crippen molar-refractivity contribution in [1.82, 2.24) is 0 Å². The molecule has 1 unspecified atom stereocenters. The van der Waals surface area contributed by atoms with E-state index in [1.54, 1.807) is 0 Å². The maximum atomic E-state index is 13.0. The van der Waals surface area contributed by atoms with Gasteiger partial charge in [0.1, 0.15) is 7.14 Å². The Labute approximate surface area is 98.5 Å². The summed E-state index contributed by atoms with van der Waals surface area (Å²) in [6, 6.07) is 19.4. The molecule has 0 aliphatic rings. The van der Waals surface area contributed by atoms with E-state index in [0.717, 1.165) is 10.6 Å². The predicted octanol–water partition coefficient (Wildman–Crippen LogP) is 2.83. The average molecular weight is 248 g/mol. The molecular weight excluding hydrogens is 234 g/mol. The molecular formula is C13H14OP2. The summed E-state index contributed by atoms with van der Waals surface area (Å²) < 4.78 is 13.0. The largest absolute Gasteiger partial charge is 0.313 e. The lowest BCUT2D eigenvalue weighted by Gasteiger charge is -2.16. The van der Waals surface area contributed by atoms with Crippen molar-refractivity contribution in [2.75, 3.05) is 5.90 Å². The van der Waals surface area contributed by atoms with E-state index in [2.05, 4.69) is 9.24 Å². The van der Waals surface area contributed by atoms with Crippen LogP contribution in [-0.2, 0) is 4.57 Å². The number of rotatable bonds is 3. The molecule has 16 heavy (non-hydrogen) atoms. The minimum Gasteiger partial charge on any atom is -0.313 e. The van der Waals surface area contributed by atoms with Crippen LogP contribution < -0.4 is 10.6 Å². The van der Waals surface area contributed by atoms with Crippen LogP contribution in [0.15, 0.2) is 60.7 Å². The highest BCUT2D eigenvalue weighted by atomic mass is 31.2. The van der Waals surface area contributed by atoms with Crippen molar-refractivity contribution in [2.45, 2.75) is 0 Å². The fourth-order valence-corrected chi connectivity index (χ4v) is 4.99. The number of hydrogen-bond donors (Lipinski definition) is 0. The van der Waals surface area contributed by atoms with Crippen LogP contribution in [0.5, 0.6) is 0 Å². The molecule has 0 heterocycles. The molecule has 82 valence electrons. The first-order valence-electron chi connectivity index (χ1n) is 5.18. The monoisotopic (exact) mass is 248 g/mol. The second-order valence-electron chi connectivity index (χ2n) is 3.59. The van der Waals surface area contributed by atoms with Crippen molar-refractivity contribution in [3.63, 3.8) is 0 Å². The Balaban J connectivity index is 2.54. The summed E-state index contributed by atoms with van der Waals surface area (Å²) in [7, 11) is 0.165. The molecule has 0 amide bonds. The Morgan fingerprint density at radius 2 is 1.19 bits per heavy atom. The highest BCUT2D eigenvalue weighted by Gasteiger charge is 2.24. The van der Waals surface area contributed by atoms with Gasteiger partial charge >= 0.3 is 0 Å². The van der Waals surface area contributed by atoms with E-state index in [0.29, 0.717) is 5.90 Å². The van der Waals surface area contributed by atoms with Crippen molar-refractivity contribution in [2.24, 2.45) is 0 Å². The predicted molar refractivity (Wildman–Crippen MR) is 74.3 cm³/mol. The van der Waals surface area contributed by atoms with Crippen molar-refractivity contribution in [3.8, 4) is 0 Å². The highest BCUT2D eigenvalue weighted by molar-refractivity contribution is 7.82. The zero-order chi connectivity index (χ0) is 11.4. The molecule has 0 saturated carbocycles. The summed E-state index contributed by atoms with van der Waals surface area (Å²) in [5, 5.41) is 1.85. The molecule has 0 aromatic heterocycles. The summed E-state index contributed by atoms with van der Waals surface area (Å²) in [6.45, 7) is 0. The lowest BCUT2D eigenvalue weighted by atomic mass is 10.4. The minimum atomic E-state index is -2.44. The van der Waals surface area contributed by atoms with Gasteiger partial charge in [-0.1, -0.05) is 60.7 Å². The van der Waals surface area contributed by atoms with Gasteiger partial charge in [-0.3, -0.25) is 0 Å². The quantitative estimate of drug-likeness (QED) is 0.763. The van der Waals surface area contributed by atoms with Crippen LogP contribution in [0.25, 0.3) is 0 Å². The molecule has 0 radical (unpaired) electrons. The molecule has 0 spiro atoms. The maximum Gasteiger partial charge on any atom is 0.146 e. The van der Waals surface area contributed by atoms with Crippen LogP contribution >= 0.6 is 16.4 Å². The number of benzene rings is 2. The molecule has 1 nitrogen and oxygen atoms in total. The van der Waals surface area contributed by atoms with Gasteiger partial charge in [-0.25, -0.2) is 0 Å². The second kappa shape index (κ2) is 4.95. The van der Waals surface area contributed by atoms with Crippen molar-refractivity contribution >= 4 is 27.0 Å². The van der Waals surface area contributed by atoms with E-state index in [1.165, 1.54) is 0 Å². The van der Waals surface area contributed by atoms with Crippen molar-refractivity contribution < 1.29 is 4.57 Å². The fourth-order valence-electron chi connectivity index (χ4n) is 1.70. The first kappa shape index (κ1) is 11.6. The lowest BCUT2D eigenvalue weighted by Crippen LogP contribution is -2.16. The van der Waals surface area contributed by atoms with Crippen LogP contribution in [0.4, 0.5) is 0 Å². The van der Waals surface area contributed by atoms with E-state index in [1.807, 2.05) is 60.7 Å². The summed E-state index contributed by atoms with van der Waals surface area (Å²) in [4.78, 5) is 0. The standard InChI is InChI=1S/C13H14OP2/c14-16(11-15,12-7-3-1-4-8-12)13-9-5-2-6-10-13/h1-10H,11,15H2. The summed E-state index contributed by atoms with van der Waals surface area (Å²) in [5.74, 6) is 0.584. The smallest absolute Gasteiger partial charge is 0.146 e. The fraction of sp³-hybridized carbons (Fsp3) is 0.0769. The van der Waals surface area contributed by atoms with Crippen LogP contribution in [0.3, 0.4) is 0 Å². The Morgan fingerprint density at radius 3 is 1.50 bits per heavy atom. The van der Waals surface area contributed by atoms with Gasteiger partial charge in [0.25, 0.3) is 0 Å². The minimum absolute atomic E-state index is 0.584. The molecule has 0 N–H and O–H groups in total. The molecule has 0 aliphatic heterocycles. The SMILES string of the molecule is O=P(CP)(c1ccccc1)c1ccccc1. The third kappa shape index (κ3) is 2.12. The lowest BCUT2D eigenvalue weighted by molar-refractivity contribution is 0.590. The van der Waals surface area contributed by atoms with Crippen LogP contribution in [0, 0.1) is 0 Å². The van der Waals surface area contributed by atoms with Crippen LogP contribution in [0.2, 0.25) is 0 Å². The van der Waals surface area contributed by atoms with Gasteiger partial charge < -0.3 is 4.57 Å². The summed E-state index contributed by atoms with van der Waals surface area (Å²) in [6.07, 6.45) is 0. The van der Waals surface area contributed by atoms with Gasteiger partial charge in [-0.2, -0.15) is 0 Å². The average Bonchev–Trinajstić information content (AvgIpc) is 2.40.